The Hall–Kier alpha value is -2.61. The van der Waals surface area contributed by atoms with Crippen LogP contribution in [0.3, 0.4) is 0 Å². The lowest BCUT2D eigenvalue weighted by atomic mass is 10.1. The van der Waals surface area contributed by atoms with E-state index >= 15 is 0 Å². The van der Waals surface area contributed by atoms with Gasteiger partial charge in [-0.05, 0) is 49.3 Å². The van der Waals surface area contributed by atoms with Crippen LogP contribution in [0.15, 0.2) is 23.9 Å². The van der Waals surface area contributed by atoms with Crippen molar-refractivity contribution in [1.82, 2.24) is 10.2 Å². The van der Waals surface area contributed by atoms with Gasteiger partial charge in [-0.1, -0.05) is 6.07 Å². The van der Waals surface area contributed by atoms with E-state index in [9.17, 15) is 9.59 Å². The normalized spacial score (nSPS) is 15.4. The van der Waals surface area contributed by atoms with Gasteiger partial charge < -0.3 is 19.9 Å². The number of hydrogen-bond acceptors (Lipinski definition) is 5. The van der Waals surface area contributed by atoms with E-state index in [1.807, 2.05) is 6.92 Å². The van der Waals surface area contributed by atoms with Crippen molar-refractivity contribution >= 4 is 35.3 Å². The third-order valence-electron chi connectivity index (χ3n) is 3.53. The van der Waals surface area contributed by atoms with Crippen LogP contribution in [0.4, 0.5) is 0 Å². The Morgan fingerprint density at radius 2 is 2.16 bits per heavy atom. The van der Waals surface area contributed by atoms with Crippen molar-refractivity contribution in [2.75, 3.05) is 20.3 Å². The Morgan fingerprint density at radius 3 is 2.80 bits per heavy atom. The summed E-state index contributed by atoms with van der Waals surface area (Å²) in [6.45, 7) is 2.64. The number of carboxylic acids is 1. The number of carbonyl (C=O) groups excluding carboxylic acids is 1. The van der Waals surface area contributed by atoms with Gasteiger partial charge in [-0.25, -0.2) is 0 Å². The lowest BCUT2D eigenvalue weighted by Crippen LogP contribution is -2.31. The predicted octanol–water partition coefficient (Wildman–Crippen LogP) is 2.02. The van der Waals surface area contributed by atoms with Gasteiger partial charge in [-0.2, -0.15) is 0 Å². The smallest absolute Gasteiger partial charge is 0.303 e. The molecule has 1 heterocycles. The molecular formula is C17H20N2O5S. The van der Waals surface area contributed by atoms with Gasteiger partial charge in [-0.15, -0.1) is 0 Å². The minimum absolute atomic E-state index is 0.0123. The van der Waals surface area contributed by atoms with Crippen LogP contribution < -0.4 is 14.8 Å². The average Bonchev–Trinajstić information content (AvgIpc) is 2.82. The number of amides is 1. The second kappa shape index (κ2) is 8.48. The van der Waals surface area contributed by atoms with Crippen molar-refractivity contribution in [3.63, 3.8) is 0 Å². The highest BCUT2D eigenvalue weighted by atomic mass is 32.1. The lowest BCUT2D eigenvalue weighted by molar-refractivity contribution is -0.137. The van der Waals surface area contributed by atoms with Crippen LogP contribution >= 0.6 is 12.2 Å². The van der Waals surface area contributed by atoms with E-state index < -0.39 is 5.97 Å². The van der Waals surface area contributed by atoms with Crippen molar-refractivity contribution in [2.45, 2.75) is 19.8 Å². The Morgan fingerprint density at radius 1 is 1.40 bits per heavy atom. The quantitative estimate of drug-likeness (QED) is 0.539. The fourth-order valence-corrected chi connectivity index (χ4v) is 2.67. The molecule has 1 aliphatic rings. The first kappa shape index (κ1) is 18.7. The Bertz CT molecular complexity index is 717. The first-order valence-electron chi connectivity index (χ1n) is 7.83. The maximum Gasteiger partial charge on any atom is 0.303 e. The number of carbonyl (C=O) groups is 2. The third-order valence-corrected chi connectivity index (χ3v) is 3.86. The molecule has 0 aliphatic carbocycles. The average molecular weight is 364 g/mol. The first-order chi connectivity index (χ1) is 12.0. The number of ether oxygens (including phenoxy) is 2. The number of rotatable bonds is 8. The number of thiocarbonyl (C=S) groups is 1. The summed E-state index contributed by atoms with van der Waals surface area (Å²) in [5.74, 6) is 0.0263. The van der Waals surface area contributed by atoms with Crippen LogP contribution in [-0.2, 0) is 9.59 Å². The molecule has 0 atom stereocenters. The largest absolute Gasteiger partial charge is 0.493 e. The summed E-state index contributed by atoms with van der Waals surface area (Å²) in [5, 5.41) is 11.8. The third kappa shape index (κ3) is 4.69. The molecule has 8 heteroatoms. The highest BCUT2D eigenvalue weighted by Crippen LogP contribution is 2.29. The first-order valence-corrected chi connectivity index (χ1v) is 8.24. The standard InChI is InChI=1S/C17H20N2O5S/c1-3-24-14-10-11(6-7-13(14)23-2)9-12-16(22)19(17(25)18-12)8-4-5-15(20)21/h6-7,9-10H,3-5,8H2,1-2H3,(H,18,25)(H,20,21)/b12-9-. The van der Waals surface area contributed by atoms with Gasteiger partial charge in [0.2, 0.25) is 0 Å². The monoisotopic (exact) mass is 364 g/mol. The van der Waals surface area contributed by atoms with Crippen LogP contribution in [0.1, 0.15) is 25.3 Å². The summed E-state index contributed by atoms with van der Waals surface area (Å²) in [7, 11) is 1.56. The van der Waals surface area contributed by atoms with Gasteiger partial charge in [0.25, 0.3) is 5.91 Å². The van der Waals surface area contributed by atoms with Gasteiger partial charge >= 0.3 is 5.97 Å². The molecule has 2 N–H and O–H groups in total. The number of aliphatic carboxylic acids is 1. The minimum Gasteiger partial charge on any atom is -0.493 e. The van der Waals surface area contributed by atoms with Crippen molar-refractivity contribution in [3.05, 3.63) is 29.5 Å². The second-order valence-corrected chi connectivity index (χ2v) is 5.67. The van der Waals surface area contributed by atoms with Gasteiger partial charge in [-0.3, -0.25) is 14.5 Å². The summed E-state index contributed by atoms with van der Waals surface area (Å²) >= 11 is 5.16. The molecule has 1 saturated heterocycles. The number of hydrogen-bond donors (Lipinski definition) is 2. The molecular weight excluding hydrogens is 344 g/mol. The fraction of sp³-hybridized carbons (Fsp3) is 0.353. The minimum atomic E-state index is -0.900. The van der Waals surface area contributed by atoms with E-state index in [0.717, 1.165) is 5.56 Å². The van der Waals surface area contributed by atoms with E-state index in [1.54, 1.807) is 31.4 Å². The molecule has 0 bridgehead atoms. The van der Waals surface area contributed by atoms with Gasteiger partial charge in [0.15, 0.2) is 16.6 Å². The molecule has 25 heavy (non-hydrogen) atoms. The zero-order valence-corrected chi connectivity index (χ0v) is 14.9. The van der Waals surface area contributed by atoms with Crippen molar-refractivity contribution in [2.24, 2.45) is 0 Å². The molecule has 1 aromatic carbocycles. The van der Waals surface area contributed by atoms with Gasteiger partial charge in [0.1, 0.15) is 5.70 Å². The Labute approximate surface area is 151 Å². The summed E-state index contributed by atoms with van der Waals surface area (Å²) < 4.78 is 10.8. The number of carboxylic acid groups (broad SMARTS) is 1. The molecule has 1 aromatic rings. The van der Waals surface area contributed by atoms with E-state index in [-0.39, 0.29) is 24.0 Å². The second-order valence-electron chi connectivity index (χ2n) is 5.29. The number of methoxy groups -OCH3 is 1. The number of benzene rings is 1. The molecule has 0 aromatic heterocycles. The zero-order valence-electron chi connectivity index (χ0n) is 14.1. The summed E-state index contributed by atoms with van der Waals surface area (Å²) in [6, 6.07) is 5.35. The molecule has 1 fully saturated rings. The van der Waals surface area contributed by atoms with Crippen LogP contribution in [0.25, 0.3) is 6.08 Å². The summed E-state index contributed by atoms with van der Waals surface area (Å²) in [6.07, 6.45) is 2.00. The Balaban J connectivity index is 2.15. The van der Waals surface area contributed by atoms with E-state index in [0.29, 0.717) is 30.2 Å². The topological polar surface area (TPSA) is 88.1 Å². The van der Waals surface area contributed by atoms with E-state index in [4.69, 9.17) is 26.8 Å². The molecule has 0 radical (unpaired) electrons. The van der Waals surface area contributed by atoms with Crippen molar-refractivity contribution in [1.29, 1.82) is 0 Å². The van der Waals surface area contributed by atoms with Gasteiger partial charge in [0.05, 0.1) is 13.7 Å². The van der Waals surface area contributed by atoms with Crippen molar-refractivity contribution in [3.8, 4) is 11.5 Å². The molecule has 1 aliphatic heterocycles. The van der Waals surface area contributed by atoms with Gasteiger partial charge in [0, 0.05) is 13.0 Å². The van der Waals surface area contributed by atoms with Crippen LogP contribution in [0.2, 0.25) is 0 Å². The van der Waals surface area contributed by atoms with Crippen molar-refractivity contribution < 1.29 is 24.2 Å². The van der Waals surface area contributed by atoms with E-state index in [1.165, 1.54) is 4.90 Å². The molecule has 7 nitrogen and oxygen atoms in total. The fourth-order valence-electron chi connectivity index (χ4n) is 2.38. The Kier molecular flexibility index (Phi) is 6.35. The number of nitrogens with zero attached hydrogens (tertiary/aromatic N) is 1. The molecule has 2 rings (SSSR count). The van der Waals surface area contributed by atoms with Crippen LogP contribution in [0, 0.1) is 0 Å². The van der Waals surface area contributed by atoms with E-state index in [2.05, 4.69) is 5.32 Å². The maximum absolute atomic E-state index is 12.4. The van der Waals surface area contributed by atoms with Crippen LogP contribution in [-0.4, -0.2) is 47.3 Å². The van der Waals surface area contributed by atoms with Crippen LogP contribution in [0.5, 0.6) is 11.5 Å². The maximum atomic E-state index is 12.4. The highest BCUT2D eigenvalue weighted by molar-refractivity contribution is 7.80. The molecule has 0 unspecified atom stereocenters. The molecule has 0 spiro atoms. The SMILES string of the molecule is CCOc1cc(/C=C2\NC(=S)N(CCCC(=O)O)C2=O)ccc1OC. The molecule has 134 valence electrons. The predicted molar refractivity (Wildman–Crippen MR) is 96.5 cm³/mol. The molecule has 1 amide bonds. The summed E-state index contributed by atoms with van der Waals surface area (Å²) in [4.78, 5) is 24.4. The molecule has 0 saturated carbocycles. The lowest BCUT2D eigenvalue weighted by Gasteiger charge is -2.12. The number of nitrogens with one attached hydrogen (secondary N) is 1. The summed E-state index contributed by atoms with van der Waals surface area (Å²) in [5.41, 5.74) is 1.10. The highest BCUT2D eigenvalue weighted by Gasteiger charge is 2.30. The zero-order chi connectivity index (χ0) is 18.4.